The summed E-state index contributed by atoms with van der Waals surface area (Å²) in [6.07, 6.45) is 0.714. The average Bonchev–Trinajstić information content (AvgIpc) is 2.75. The van der Waals surface area contributed by atoms with Crippen molar-refractivity contribution in [3.05, 3.63) is 49.3 Å². The van der Waals surface area contributed by atoms with E-state index in [1.165, 1.54) is 0 Å². The Labute approximate surface area is 123 Å². The zero-order chi connectivity index (χ0) is 13.1. The maximum Gasteiger partial charge on any atom is 0.0898 e. The molecule has 2 rings (SSSR count). The lowest BCUT2D eigenvalue weighted by molar-refractivity contribution is 0.540. The van der Waals surface area contributed by atoms with Crippen molar-refractivity contribution in [1.29, 1.82) is 0 Å². The zero-order valence-electron chi connectivity index (χ0n) is 9.78. The Balaban J connectivity index is 2.20. The molecule has 1 unspecified atom stereocenters. The van der Waals surface area contributed by atoms with Crippen LogP contribution < -0.4 is 11.3 Å². The number of nitrogens with zero attached hydrogens (tertiary/aromatic N) is 1. The first-order chi connectivity index (χ1) is 8.60. The van der Waals surface area contributed by atoms with Crippen LogP contribution in [0.5, 0.6) is 0 Å². The van der Waals surface area contributed by atoms with Crippen LogP contribution in [0.25, 0.3) is 0 Å². The normalized spacial score (nSPS) is 12.7. The first-order valence-electron chi connectivity index (χ1n) is 5.42. The van der Waals surface area contributed by atoms with Crippen molar-refractivity contribution < 1.29 is 0 Å². The molecule has 0 spiro atoms. The summed E-state index contributed by atoms with van der Waals surface area (Å²) in [6.45, 7) is 1.98. The van der Waals surface area contributed by atoms with Crippen molar-refractivity contribution in [2.24, 2.45) is 5.84 Å². The standard InChI is InChI=1S/C12H13BrClN3S/c1-7-16-12(6-18-7)11(17-15)4-8-2-3-9(13)5-10(8)14/h2-3,5-6,11,17H,4,15H2,1H3. The van der Waals surface area contributed by atoms with Crippen molar-refractivity contribution in [3.63, 3.8) is 0 Å². The molecular weight excluding hydrogens is 334 g/mol. The molecule has 1 aromatic heterocycles. The van der Waals surface area contributed by atoms with E-state index in [1.807, 2.05) is 30.5 Å². The summed E-state index contributed by atoms with van der Waals surface area (Å²) in [4.78, 5) is 4.45. The topological polar surface area (TPSA) is 50.9 Å². The molecule has 0 amide bonds. The fourth-order valence-electron chi connectivity index (χ4n) is 1.70. The third-order valence-electron chi connectivity index (χ3n) is 2.63. The van der Waals surface area contributed by atoms with E-state index < -0.39 is 0 Å². The number of hydrogen-bond donors (Lipinski definition) is 2. The van der Waals surface area contributed by atoms with Gasteiger partial charge in [0.15, 0.2) is 0 Å². The summed E-state index contributed by atoms with van der Waals surface area (Å²) in [5, 5.41) is 3.79. The Morgan fingerprint density at radius 3 is 2.89 bits per heavy atom. The third-order valence-corrected chi connectivity index (χ3v) is 4.27. The lowest BCUT2D eigenvalue weighted by Crippen LogP contribution is -2.29. The first kappa shape index (κ1) is 14.0. The minimum Gasteiger partial charge on any atom is -0.271 e. The number of rotatable bonds is 4. The van der Waals surface area contributed by atoms with Gasteiger partial charge in [0.25, 0.3) is 0 Å². The van der Waals surface area contributed by atoms with Crippen LogP contribution in [-0.2, 0) is 6.42 Å². The van der Waals surface area contributed by atoms with Crippen LogP contribution in [0.3, 0.4) is 0 Å². The highest BCUT2D eigenvalue weighted by Gasteiger charge is 2.15. The Kier molecular flexibility index (Phi) is 4.75. The fourth-order valence-corrected chi connectivity index (χ4v) is 3.11. The number of hydrazine groups is 1. The summed E-state index contributed by atoms with van der Waals surface area (Å²) in [5.74, 6) is 5.60. The van der Waals surface area contributed by atoms with Crippen LogP contribution in [0.2, 0.25) is 5.02 Å². The molecule has 2 aromatic rings. The molecule has 0 saturated carbocycles. The van der Waals surface area contributed by atoms with Gasteiger partial charge < -0.3 is 0 Å². The highest BCUT2D eigenvalue weighted by atomic mass is 79.9. The van der Waals surface area contributed by atoms with Crippen LogP contribution >= 0.6 is 38.9 Å². The molecule has 3 nitrogen and oxygen atoms in total. The van der Waals surface area contributed by atoms with Gasteiger partial charge in [-0.1, -0.05) is 33.6 Å². The van der Waals surface area contributed by atoms with Crippen LogP contribution in [0.15, 0.2) is 28.1 Å². The van der Waals surface area contributed by atoms with Gasteiger partial charge >= 0.3 is 0 Å². The number of aryl methyl sites for hydroxylation is 1. The van der Waals surface area contributed by atoms with E-state index in [2.05, 4.69) is 26.3 Å². The minimum atomic E-state index is -0.0198. The summed E-state index contributed by atoms with van der Waals surface area (Å²) >= 11 is 11.2. The Morgan fingerprint density at radius 2 is 2.33 bits per heavy atom. The van der Waals surface area contributed by atoms with E-state index in [1.54, 1.807) is 11.3 Å². The maximum atomic E-state index is 6.21. The second-order valence-corrected chi connectivity index (χ2v) is 6.34. The largest absolute Gasteiger partial charge is 0.271 e. The van der Waals surface area contributed by atoms with Gasteiger partial charge in [-0.25, -0.2) is 4.98 Å². The number of halogens is 2. The van der Waals surface area contributed by atoms with Crippen molar-refractivity contribution in [2.45, 2.75) is 19.4 Å². The van der Waals surface area contributed by atoms with Crippen molar-refractivity contribution in [3.8, 4) is 0 Å². The van der Waals surface area contributed by atoms with E-state index in [9.17, 15) is 0 Å². The van der Waals surface area contributed by atoms with Crippen LogP contribution in [0, 0.1) is 6.92 Å². The van der Waals surface area contributed by atoms with E-state index in [0.29, 0.717) is 6.42 Å². The quantitative estimate of drug-likeness (QED) is 0.657. The molecule has 1 atom stereocenters. The molecule has 0 saturated heterocycles. The van der Waals surface area contributed by atoms with Crippen molar-refractivity contribution in [2.75, 3.05) is 0 Å². The summed E-state index contributed by atoms with van der Waals surface area (Å²) in [6, 6.07) is 5.84. The van der Waals surface area contributed by atoms with Crippen LogP contribution in [0.1, 0.15) is 22.3 Å². The molecular formula is C12H13BrClN3S. The Hall–Kier alpha value is -0.460. The highest BCUT2D eigenvalue weighted by molar-refractivity contribution is 9.10. The monoisotopic (exact) mass is 345 g/mol. The minimum absolute atomic E-state index is 0.0198. The Morgan fingerprint density at radius 1 is 1.56 bits per heavy atom. The average molecular weight is 347 g/mol. The van der Waals surface area contributed by atoms with E-state index in [0.717, 1.165) is 25.8 Å². The van der Waals surface area contributed by atoms with Gasteiger partial charge in [0, 0.05) is 14.9 Å². The number of nitrogens with one attached hydrogen (secondary N) is 1. The van der Waals surface area contributed by atoms with Crippen molar-refractivity contribution in [1.82, 2.24) is 10.4 Å². The fraction of sp³-hybridized carbons (Fsp3) is 0.250. The van der Waals surface area contributed by atoms with Gasteiger partial charge in [-0.05, 0) is 31.0 Å². The Bertz CT molecular complexity index is 544. The van der Waals surface area contributed by atoms with Gasteiger partial charge in [-0.15, -0.1) is 11.3 Å². The van der Waals surface area contributed by atoms with E-state index in [-0.39, 0.29) is 6.04 Å². The number of thiazole rings is 1. The molecule has 0 aliphatic rings. The number of aromatic nitrogens is 1. The zero-order valence-corrected chi connectivity index (χ0v) is 12.9. The SMILES string of the molecule is Cc1nc(C(Cc2ccc(Br)cc2Cl)NN)cs1. The molecule has 1 heterocycles. The molecule has 0 radical (unpaired) electrons. The van der Waals surface area contributed by atoms with Gasteiger partial charge in [0.2, 0.25) is 0 Å². The van der Waals surface area contributed by atoms with E-state index in [4.69, 9.17) is 17.4 Å². The summed E-state index contributed by atoms with van der Waals surface area (Å²) < 4.78 is 0.970. The predicted octanol–water partition coefficient (Wildman–Crippen LogP) is 3.61. The van der Waals surface area contributed by atoms with Gasteiger partial charge in [-0.2, -0.15) is 0 Å². The lowest BCUT2D eigenvalue weighted by Gasteiger charge is -2.14. The molecule has 6 heteroatoms. The van der Waals surface area contributed by atoms with Crippen molar-refractivity contribution >= 4 is 38.9 Å². The molecule has 0 fully saturated rings. The van der Waals surface area contributed by atoms with Gasteiger partial charge in [0.05, 0.1) is 16.7 Å². The van der Waals surface area contributed by atoms with Gasteiger partial charge in [0.1, 0.15) is 0 Å². The maximum absolute atomic E-state index is 6.21. The molecule has 0 aliphatic heterocycles. The number of nitrogens with two attached hydrogens (primary N) is 1. The second-order valence-electron chi connectivity index (χ2n) is 3.95. The summed E-state index contributed by atoms with van der Waals surface area (Å²) in [7, 11) is 0. The lowest BCUT2D eigenvalue weighted by atomic mass is 10.0. The summed E-state index contributed by atoms with van der Waals surface area (Å²) in [5.41, 5.74) is 4.80. The predicted molar refractivity (Wildman–Crippen MR) is 79.8 cm³/mol. The van der Waals surface area contributed by atoms with Crippen LogP contribution in [-0.4, -0.2) is 4.98 Å². The first-order valence-corrected chi connectivity index (χ1v) is 7.47. The molecule has 96 valence electrons. The third kappa shape index (κ3) is 3.30. The van der Waals surface area contributed by atoms with Crippen LogP contribution in [0.4, 0.5) is 0 Å². The smallest absolute Gasteiger partial charge is 0.0898 e. The molecule has 18 heavy (non-hydrogen) atoms. The highest BCUT2D eigenvalue weighted by Crippen LogP contribution is 2.26. The number of benzene rings is 1. The van der Waals surface area contributed by atoms with E-state index >= 15 is 0 Å². The molecule has 1 aromatic carbocycles. The number of hydrogen-bond acceptors (Lipinski definition) is 4. The molecule has 3 N–H and O–H groups in total. The molecule has 0 aliphatic carbocycles. The van der Waals surface area contributed by atoms with Gasteiger partial charge in [-0.3, -0.25) is 11.3 Å². The second kappa shape index (κ2) is 6.12. The molecule has 0 bridgehead atoms.